The normalized spacial score (nSPS) is 10.5. The Morgan fingerprint density at radius 2 is 1.13 bits per heavy atom. The fraction of sp³-hybridized carbons (Fsp3) is 0.333. The van der Waals surface area contributed by atoms with Gasteiger partial charge in [0.2, 0.25) is 0 Å². The highest BCUT2D eigenvalue weighted by molar-refractivity contribution is 7.85. The summed E-state index contributed by atoms with van der Waals surface area (Å²) in [6, 6.07) is 14.4. The number of nitrogens with one attached hydrogen (secondary N) is 2. The molecular weight excluding hydrogens is 420 g/mol. The Kier molecular flexibility index (Phi) is 11.1. The van der Waals surface area contributed by atoms with Gasteiger partial charge in [0.25, 0.3) is 10.1 Å². The zero-order chi connectivity index (χ0) is 23.3. The fourth-order valence-corrected chi connectivity index (χ4v) is 2.22. The summed E-state index contributed by atoms with van der Waals surface area (Å²) in [6.07, 6.45) is 2.90. The van der Waals surface area contributed by atoms with Gasteiger partial charge < -0.3 is 20.9 Å². The second kappa shape index (κ2) is 13.2. The van der Waals surface area contributed by atoms with Crippen LogP contribution in [0.15, 0.2) is 48.5 Å². The summed E-state index contributed by atoms with van der Waals surface area (Å²) in [5.74, 6) is 1.48. The van der Waals surface area contributed by atoms with E-state index in [4.69, 9.17) is 36.3 Å². The first-order chi connectivity index (χ1) is 14.6. The zero-order valence-corrected chi connectivity index (χ0v) is 18.3. The second-order valence-electron chi connectivity index (χ2n) is 6.50. The van der Waals surface area contributed by atoms with Crippen LogP contribution in [0, 0.1) is 10.8 Å². The fourth-order valence-electron chi connectivity index (χ4n) is 2.22. The maximum Gasteiger partial charge on any atom is 0.264 e. The maximum atomic E-state index is 9.56. The second-order valence-corrected chi connectivity index (χ2v) is 8.25. The molecule has 7 N–H and O–H groups in total. The van der Waals surface area contributed by atoms with Crippen molar-refractivity contribution in [2.75, 3.05) is 19.0 Å². The van der Waals surface area contributed by atoms with Gasteiger partial charge in [-0.25, -0.2) is 0 Å². The minimum atomic E-state index is -3.66. The number of hydrogen-bond acceptors (Lipinski definition) is 6. The first-order valence-electron chi connectivity index (χ1n) is 9.72. The van der Waals surface area contributed by atoms with Crippen LogP contribution in [0.3, 0.4) is 0 Å². The molecule has 0 unspecified atom stereocenters. The third-order valence-corrected chi connectivity index (χ3v) is 4.75. The molecule has 0 atom stereocenters. The Hall–Kier alpha value is -3.11. The first-order valence-corrected chi connectivity index (χ1v) is 11.3. The van der Waals surface area contributed by atoms with Crippen molar-refractivity contribution >= 4 is 21.8 Å². The smallest absolute Gasteiger partial charge is 0.264 e. The summed E-state index contributed by atoms with van der Waals surface area (Å²) in [5.41, 5.74) is 12.2. The highest BCUT2D eigenvalue weighted by atomic mass is 32.2. The van der Waals surface area contributed by atoms with Crippen LogP contribution < -0.4 is 20.9 Å². The van der Waals surface area contributed by atoms with Crippen LogP contribution >= 0.6 is 0 Å². The van der Waals surface area contributed by atoms with E-state index in [0.717, 1.165) is 30.8 Å². The molecule has 0 spiro atoms. The summed E-state index contributed by atoms with van der Waals surface area (Å²) < 4.78 is 38.2. The summed E-state index contributed by atoms with van der Waals surface area (Å²) >= 11 is 0. The van der Waals surface area contributed by atoms with Crippen LogP contribution in [0.4, 0.5) is 0 Å². The summed E-state index contributed by atoms with van der Waals surface area (Å²) in [7, 11) is -3.66. The molecular formula is C21H30N4O5S. The molecule has 0 aliphatic rings. The Morgan fingerprint density at radius 3 is 1.39 bits per heavy atom. The Labute approximate surface area is 183 Å². The number of rotatable bonds is 11. The van der Waals surface area contributed by atoms with Gasteiger partial charge in [-0.1, -0.05) is 0 Å². The van der Waals surface area contributed by atoms with Gasteiger partial charge in [0.1, 0.15) is 23.2 Å². The number of ether oxygens (including phenoxy) is 2. The van der Waals surface area contributed by atoms with Crippen molar-refractivity contribution in [3.8, 4) is 11.5 Å². The van der Waals surface area contributed by atoms with Gasteiger partial charge in [0, 0.05) is 11.1 Å². The van der Waals surface area contributed by atoms with Crippen LogP contribution in [0.2, 0.25) is 0 Å². The van der Waals surface area contributed by atoms with Crippen molar-refractivity contribution in [1.82, 2.24) is 0 Å². The van der Waals surface area contributed by atoms with Crippen LogP contribution in [0.5, 0.6) is 11.5 Å². The molecule has 0 fully saturated rings. The summed E-state index contributed by atoms with van der Waals surface area (Å²) in [6.45, 7) is 2.66. The molecule has 2 aromatic carbocycles. The van der Waals surface area contributed by atoms with E-state index in [1.807, 2.05) is 24.3 Å². The average molecular weight is 451 g/mol. The Morgan fingerprint density at radius 1 is 0.806 bits per heavy atom. The van der Waals surface area contributed by atoms with E-state index >= 15 is 0 Å². The molecule has 170 valence electrons. The molecule has 0 bridgehead atoms. The van der Waals surface area contributed by atoms with Crippen molar-refractivity contribution in [3.05, 3.63) is 59.7 Å². The van der Waals surface area contributed by atoms with Crippen LogP contribution in [0.25, 0.3) is 0 Å². The van der Waals surface area contributed by atoms with Crippen molar-refractivity contribution in [1.29, 1.82) is 10.8 Å². The topological polar surface area (TPSA) is 173 Å². The van der Waals surface area contributed by atoms with Crippen molar-refractivity contribution in [2.45, 2.75) is 26.2 Å². The molecule has 0 aliphatic carbocycles. The maximum absolute atomic E-state index is 9.56. The largest absolute Gasteiger partial charge is 0.494 e. The standard InChI is InChI=1S/C19H24N4O2.C2H6O3S/c20-18(21)14-4-8-16(9-5-14)24-12-2-1-3-13-25-17-10-6-15(7-11-17)19(22)23;1-2-6(3,4)5/h4-11H,1-3,12-13H2,(H3,20,21)(H3,22,23);2H2,1H3,(H,3,4,5). The average Bonchev–Trinajstić information content (AvgIpc) is 2.73. The SMILES string of the molecule is CCS(=O)(=O)O.N=C(N)c1ccc(OCCCCCOc2ccc(C(=N)N)cc2)cc1. The molecule has 0 saturated carbocycles. The highest BCUT2D eigenvalue weighted by Crippen LogP contribution is 2.14. The van der Waals surface area contributed by atoms with Gasteiger partial charge in [0.15, 0.2) is 0 Å². The zero-order valence-electron chi connectivity index (χ0n) is 17.5. The molecule has 9 nitrogen and oxygen atoms in total. The van der Waals surface area contributed by atoms with E-state index in [0.29, 0.717) is 24.3 Å². The number of hydrogen-bond donors (Lipinski definition) is 5. The van der Waals surface area contributed by atoms with E-state index in [-0.39, 0.29) is 17.4 Å². The molecule has 2 aromatic rings. The molecule has 10 heteroatoms. The molecule has 31 heavy (non-hydrogen) atoms. The molecule has 0 aliphatic heterocycles. The number of benzene rings is 2. The van der Waals surface area contributed by atoms with Gasteiger partial charge in [0.05, 0.1) is 19.0 Å². The van der Waals surface area contributed by atoms with E-state index in [2.05, 4.69) is 0 Å². The number of nitrogen functional groups attached to an aromatic ring is 2. The molecule has 0 amide bonds. The Balaban J connectivity index is 0.000000703. The molecule has 0 radical (unpaired) electrons. The van der Waals surface area contributed by atoms with Gasteiger partial charge >= 0.3 is 0 Å². The third kappa shape index (κ3) is 11.6. The minimum absolute atomic E-state index is 0.0579. The van der Waals surface area contributed by atoms with Crippen molar-refractivity contribution in [3.63, 3.8) is 0 Å². The monoisotopic (exact) mass is 450 g/mol. The number of nitrogens with two attached hydrogens (primary N) is 2. The van der Waals surface area contributed by atoms with Gasteiger partial charge in [-0.2, -0.15) is 8.42 Å². The van der Waals surface area contributed by atoms with E-state index in [1.165, 1.54) is 6.92 Å². The lowest BCUT2D eigenvalue weighted by Crippen LogP contribution is -2.10. The van der Waals surface area contributed by atoms with Crippen LogP contribution in [-0.4, -0.2) is 43.6 Å². The van der Waals surface area contributed by atoms with E-state index in [9.17, 15) is 8.42 Å². The number of unbranched alkanes of at least 4 members (excludes halogenated alkanes) is 2. The van der Waals surface area contributed by atoms with Crippen LogP contribution in [0.1, 0.15) is 37.3 Å². The van der Waals surface area contributed by atoms with Gasteiger partial charge in [-0.3, -0.25) is 15.4 Å². The van der Waals surface area contributed by atoms with Gasteiger partial charge in [-0.05, 0) is 74.7 Å². The summed E-state index contributed by atoms with van der Waals surface area (Å²) in [4.78, 5) is 0. The summed E-state index contributed by atoms with van der Waals surface area (Å²) in [5, 5.41) is 14.7. The third-order valence-electron chi connectivity index (χ3n) is 4.02. The lowest BCUT2D eigenvalue weighted by atomic mass is 10.2. The molecule has 0 aromatic heterocycles. The molecule has 0 saturated heterocycles. The Bertz CT molecular complexity index is 868. The van der Waals surface area contributed by atoms with Crippen LogP contribution in [-0.2, 0) is 10.1 Å². The predicted octanol–water partition coefficient (Wildman–Crippen LogP) is 2.78. The van der Waals surface area contributed by atoms with E-state index in [1.54, 1.807) is 24.3 Å². The van der Waals surface area contributed by atoms with E-state index < -0.39 is 10.1 Å². The highest BCUT2D eigenvalue weighted by Gasteiger charge is 2.00. The van der Waals surface area contributed by atoms with Crippen molar-refractivity contribution < 1.29 is 22.4 Å². The lowest BCUT2D eigenvalue weighted by Gasteiger charge is -2.08. The molecule has 2 rings (SSSR count). The number of amidine groups is 2. The van der Waals surface area contributed by atoms with Gasteiger partial charge in [-0.15, -0.1) is 0 Å². The molecule has 0 heterocycles. The van der Waals surface area contributed by atoms with Crippen molar-refractivity contribution in [2.24, 2.45) is 11.5 Å². The minimum Gasteiger partial charge on any atom is -0.494 e. The quantitative estimate of drug-likeness (QED) is 0.151. The first kappa shape index (κ1) is 25.9. The predicted molar refractivity (Wildman–Crippen MR) is 122 cm³/mol. The lowest BCUT2D eigenvalue weighted by molar-refractivity contribution is 0.279.